The van der Waals surface area contributed by atoms with Crippen molar-refractivity contribution in [3.05, 3.63) is 88.0 Å². The van der Waals surface area contributed by atoms with Crippen LogP contribution in [0.3, 0.4) is 0 Å². The first-order valence-electron chi connectivity index (χ1n) is 8.55. The summed E-state index contributed by atoms with van der Waals surface area (Å²) >= 11 is 5.93. The minimum absolute atomic E-state index is 0.134. The summed E-state index contributed by atoms with van der Waals surface area (Å²) in [4.78, 5) is 12.4. The van der Waals surface area contributed by atoms with Crippen molar-refractivity contribution in [2.45, 2.75) is 25.8 Å². The van der Waals surface area contributed by atoms with Crippen molar-refractivity contribution in [3.63, 3.8) is 0 Å². The van der Waals surface area contributed by atoms with E-state index in [0.717, 1.165) is 16.8 Å². The van der Waals surface area contributed by atoms with Crippen molar-refractivity contribution in [1.29, 1.82) is 0 Å². The van der Waals surface area contributed by atoms with Gasteiger partial charge in [-0.05, 0) is 41.5 Å². The van der Waals surface area contributed by atoms with Gasteiger partial charge in [0.15, 0.2) is 5.69 Å². The lowest BCUT2D eigenvalue weighted by Gasteiger charge is -2.24. The molecule has 0 saturated heterocycles. The molecule has 1 N–H and O–H groups in total. The smallest absolute Gasteiger partial charge is 0.272 e. The van der Waals surface area contributed by atoms with E-state index >= 15 is 0 Å². The van der Waals surface area contributed by atoms with Crippen LogP contribution >= 0.6 is 11.6 Å². The van der Waals surface area contributed by atoms with Crippen molar-refractivity contribution < 1.29 is 13.9 Å². The lowest BCUT2D eigenvalue weighted by atomic mass is 10.1. The van der Waals surface area contributed by atoms with Gasteiger partial charge in [0.1, 0.15) is 11.9 Å². The van der Waals surface area contributed by atoms with Crippen molar-refractivity contribution >= 4 is 17.5 Å². The summed E-state index contributed by atoms with van der Waals surface area (Å²) in [5.74, 6) is -0.577. The summed E-state index contributed by atoms with van der Waals surface area (Å²) in [7, 11) is 0. The Morgan fingerprint density at radius 2 is 1.96 bits per heavy atom. The van der Waals surface area contributed by atoms with Gasteiger partial charge in [0.25, 0.3) is 5.91 Å². The van der Waals surface area contributed by atoms with E-state index in [1.807, 2.05) is 24.3 Å². The Morgan fingerprint density at radius 3 is 2.70 bits per heavy atom. The fourth-order valence-electron chi connectivity index (χ4n) is 2.99. The number of amides is 1. The van der Waals surface area contributed by atoms with E-state index in [-0.39, 0.29) is 17.8 Å². The molecule has 1 unspecified atom stereocenters. The van der Waals surface area contributed by atoms with Gasteiger partial charge in [-0.15, -0.1) is 0 Å². The Bertz CT molecular complexity index is 954. The number of hydrogen-bond acceptors (Lipinski definition) is 3. The van der Waals surface area contributed by atoms with E-state index in [4.69, 9.17) is 16.3 Å². The second kappa shape index (κ2) is 7.50. The molecule has 5 nitrogen and oxygen atoms in total. The fraction of sp³-hybridized carbons (Fsp3) is 0.200. The molecule has 138 valence electrons. The average molecular weight is 386 g/mol. The zero-order valence-corrected chi connectivity index (χ0v) is 15.1. The Morgan fingerprint density at radius 1 is 1.22 bits per heavy atom. The summed E-state index contributed by atoms with van der Waals surface area (Å²) in [6, 6.07) is 15.3. The largest absolute Gasteiger partial charge is 0.365 e. The molecule has 0 radical (unpaired) electrons. The van der Waals surface area contributed by atoms with Crippen molar-refractivity contribution in [3.8, 4) is 0 Å². The monoisotopic (exact) mass is 385 g/mol. The maximum Gasteiger partial charge on any atom is 0.272 e. The summed E-state index contributed by atoms with van der Waals surface area (Å²) in [6.07, 6.45) is -0.134. The third-order valence-corrected chi connectivity index (χ3v) is 4.73. The van der Waals surface area contributed by atoms with Gasteiger partial charge in [-0.1, -0.05) is 35.9 Å². The molecule has 1 aliphatic rings. The number of fused-ring (bicyclic) bond motifs is 1. The van der Waals surface area contributed by atoms with Crippen LogP contribution in [-0.2, 0) is 24.4 Å². The first kappa shape index (κ1) is 17.7. The van der Waals surface area contributed by atoms with Crippen LogP contribution < -0.4 is 5.32 Å². The second-order valence-electron chi connectivity index (χ2n) is 6.36. The molecule has 1 amide bonds. The molecule has 2 aromatic carbocycles. The summed E-state index contributed by atoms with van der Waals surface area (Å²) in [5, 5.41) is 7.88. The molecule has 0 bridgehead atoms. The highest BCUT2D eigenvalue weighted by Gasteiger charge is 2.24. The number of aromatic nitrogens is 2. The summed E-state index contributed by atoms with van der Waals surface area (Å²) < 4.78 is 20.6. The highest BCUT2D eigenvalue weighted by atomic mass is 35.5. The first-order chi connectivity index (χ1) is 13.1. The number of halogens is 2. The lowest BCUT2D eigenvalue weighted by molar-refractivity contribution is -0.00119. The molecule has 4 rings (SSSR count). The quantitative estimate of drug-likeness (QED) is 0.741. The third kappa shape index (κ3) is 4.02. The number of carbonyl (C=O) groups is 1. The maximum atomic E-state index is 12.9. The molecule has 0 fully saturated rings. The van der Waals surface area contributed by atoms with E-state index in [0.29, 0.717) is 30.4 Å². The number of nitrogens with zero attached hydrogens (tertiary/aromatic N) is 2. The minimum atomic E-state index is -0.304. The molecule has 0 saturated carbocycles. The third-order valence-electron chi connectivity index (χ3n) is 4.48. The zero-order chi connectivity index (χ0) is 18.8. The molecule has 3 aromatic rings. The normalized spacial score (nSPS) is 16.0. The molecule has 1 atom stereocenters. The van der Waals surface area contributed by atoms with E-state index in [2.05, 4.69) is 10.4 Å². The van der Waals surface area contributed by atoms with Gasteiger partial charge in [-0.25, -0.2) is 4.39 Å². The van der Waals surface area contributed by atoms with Gasteiger partial charge in [0, 0.05) is 11.6 Å². The Balaban J connectivity index is 1.42. The van der Waals surface area contributed by atoms with E-state index in [1.165, 1.54) is 12.1 Å². The highest BCUT2D eigenvalue weighted by Crippen LogP contribution is 2.27. The number of benzene rings is 2. The highest BCUT2D eigenvalue weighted by molar-refractivity contribution is 6.30. The second-order valence-corrected chi connectivity index (χ2v) is 6.80. The topological polar surface area (TPSA) is 56.2 Å². The van der Waals surface area contributed by atoms with Crippen LogP contribution in [0.25, 0.3) is 0 Å². The molecule has 7 heteroatoms. The van der Waals surface area contributed by atoms with Crippen LogP contribution in [-0.4, -0.2) is 15.7 Å². The number of rotatable bonds is 4. The average Bonchev–Trinajstić information content (AvgIpc) is 3.11. The van der Waals surface area contributed by atoms with Crippen LogP contribution in [0.4, 0.5) is 4.39 Å². The molecular weight excluding hydrogens is 369 g/mol. The Labute approximate surface area is 160 Å². The molecule has 2 heterocycles. The molecule has 0 aliphatic carbocycles. The fourth-order valence-corrected chi connectivity index (χ4v) is 3.12. The van der Waals surface area contributed by atoms with E-state index < -0.39 is 0 Å². The van der Waals surface area contributed by atoms with Gasteiger partial charge in [0.05, 0.1) is 18.8 Å². The lowest BCUT2D eigenvalue weighted by Crippen LogP contribution is -2.24. The molecule has 0 spiro atoms. The van der Waals surface area contributed by atoms with Crippen LogP contribution in [0.15, 0.2) is 54.6 Å². The molecular formula is C20H17ClFN3O2. The van der Waals surface area contributed by atoms with Gasteiger partial charge in [-0.3, -0.25) is 9.48 Å². The number of hydrogen-bond donors (Lipinski definition) is 1. The van der Waals surface area contributed by atoms with Gasteiger partial charge in [0.2, 0.25) is 0 Å². The van der Waals surface area contributed by atoms with Crippen molar-refractivity contribution in [2.75, 3.05) is 0 Å². The Hall–Kier alpha value is -2.70. The SMILES string of the molecule is O=C(NCc1ccc(F)cc1)c1cc2n(n1)CC(c1ccc(Cl)cc1)OC2. The van der Waals surface area contributed by atoms with Crippen molar-refractivity contribution in [1.82, 2.24) is 15.1 Å². The van der Waals surface area contributed by atoms with Gasteiger partial charge < -0.3 is 10.1 Å². The molecule has 27 heavy (non-hydrogen) atoms. The van der Waals surface area contributed by atoms with E-state index in [1.54, 1.807) is 22.9 Å². The predicted octanol–water partition coefficient (Wildman–Crippen LogP) is 3.88. The maximum absolute atomic E-state index is 12.9. The number of nitrogens with one attached hydrogen (secondary N) is 1. The van der Waals surface area contributed by atoms with Crippen molar-refractivity contribution in [2.24, 2.45) is 0 Å². The number of carbonyl (C=O) groups excluding carboxylic acids is 1. The predicted molar refractivity (Wildman–Crippen MR) is 98.8 cm³/mol. The number of ether oxygens (including phenoxy) is 1. The minimum Gasteiger partial charge on any atom is -0.365 e. The van der Waals surface area contributed by atoms with Crippen LogP contribution in [0.5, 0.6) is 0 Å². The first-order valence-corrected chi connectivity index (χ1v) is 8.93. The van der Waals surface area contributed by atoms with Crippen LogP contribution in [0.1, 0.15) is 33.4 Å². The van der Waals surface area contributed by atoms with Crippen LogP contribution in [0, 0.1) is 5.82 Å². The van der Waals surface area contributed by atoms with E-state index in [9.17, 15) is 9.18 Å². The zero-order valence-electron chi connectivity index (χ0n) is 14.4. The van der Waals surface area contributed by atoms with Gasteiger partial charge in [-0.2, -0.15) is 5.10 Å². The van der Waals surface area contributed by atoms with Crippen LogP contribution in [0.2, 0.25) is 5.02 Å². The molecule has 1 aromatic heterocycles. The standard InChI is InChI=1S/C20H17ClFN3O2/c21-15-5-3-14(4-6-15)19-11-25-17(12-27-19)9-18(24-25)20(26)23-10-13-1-7-16(22)8-2-13/h1-9,19H,10-12H2,(H,23,26). The summed E-state index contributed by atoms with van der Waals surface area (Å²) in [5.41, 5.74) is 3.03. The molecule has 1 aliphatic heterocycles. The Kier molecular flexibility index (Phi) is 4.92. The van der Waals surface area contributed by atoms with Gasteiger partial charge >= 0.3 is 0 Å². The summed E-state index contributed by atoms with van der Waals surface area (Å²) in [6.45, 7) is 1.22.